The Balaban J connectivity index is 2.37. The van der Waals surface area contributed by atoms with E-state index >= 15 is 0 Å². The van der Waals surface area contributed by atoms with Crippen LogP contribution in [-0.4, -0.2) is 44.3 Å². The average Bonchev–Trinajstić information content (AvgIpc) is 2.72. The third-order valence-corrected chi connectivity index (χ3v) is 4.29. The third kappa shape index (κ3) is 3.40. The third-order valence-electron chi connectivity index (χ3n) is 4.29. The minimum absolute atomic E-state index is 0.259. The molecule has 1 aliphatic heterocycles. The van der Waals surface area contributed by atoms with E-state index in [0.717, 1.165) is 0 Å². The monoisotopic (exact) mass is 320 g/mol. The summed E-state index contributed by atoms with van der Waals surface area (Å²) in [5.41, 5.74) is -0.225. The van der Waals surface area contributed by atoms with Crippen molar-refractivity contribution in [2.75, 3.05) is 13.7 Å². The molecule has 0 spiro atoms. The highest BCUT2D eigenvalue weighted by Crippen LogP contribution is 2.37. The summed E-state index contributed by atoms with van der Waals surface area (Å²) < 4.78 is 22.0. The number of methoxy groups -OCH3 is 1. The Hall–Kier alpha value is -1.86. The van der Waals surface area contributed by atoms with Gasteiger partial charge in [0.25, 0.3) is 0 Å². The number of hydrogen-bond acceptors (Lipinski definition) is 6. The summed E-state index contributed by atoms with van der Waals surface area (Å²) in [6.45, 7) is 7.43. The van der Waals surface area contributed by atoms with Crippen LogP contribution in [0.3, 0.4) is 0 Å². The van der Waals surface area contributed by atoms with Crippen LogP contribution in [0.1, 0.15) is 38.1 Å². The Labute approximate surface area is 136 Å². The Morgan fingerprint density at radius 1 is 1.22 bits per heavy atom. The van der Waals surface area contributed by atoms with Gasteiger partial charge in [0.2, 0.25) is 0 Å². The van der Waals surface area contributed by atoms with E-state index in [-0.39, 0.29) is 6.61 Å². The van der Waals surface area contributed by atoms with Crippen molar-refractivity contribution in [2.24, 2.45) is 0 Å². The molecule has 0 N–H and O–H groups in total. The van der Waals surface area contributed by atoms with Gasteiger partial charge in [-0.2, -0.15) is 0 Å². The lowest BCUT2D eigenvalue weighted by atomic mass is 9.75. The van der Waals surface area contributed by atoms with Crippen molar-refractivity contribution < 1.29 is 28.4 Å². The van der Waals surface area contributed by atoms with Crippen molar-refractivity contribution >= 4 is 24.8 Å². The molecule has 0 radical (unpaired) electrons. The molecule has 2 rings (SSSR count). The molecule has 0 saturated carbocycles. The van der Waals surface area contributed by atoms with Gasteiger partial charge < -0.3 is 18.8 Å². The van der Waals surface area contributed by atoms with E-state index in [9.17, 15) is 9.59 Å². The highest BCUT2D eigenvalue weighted by atomic mass is 16.7. The zero-order valence-electron chi connectivity index (χ0n) is 14.0. The highest BCUT2D eigenvalue weighted by Gasteiger charge is 2.53. The van der Waals surface area contributed by atoms with Gasteiger partial charge in [-0.15, -0.1) is 0 Å². The summed E-state index contributed by atoms with van der Waals surface area (Å²) in [5, 5.41) is 0. The Kier molecular flexibility index (Phi) is 4.82. The fourth-order valence-corrected chi connectivity index (χ4v) is 2.20. The van der Waals surface area contributed by atoms with Gasteiger partial charge in [-0.1, -0.05) is 12.1 Å². The molecule has 124 valence electrons. The highest BCUT2D eigenvalue weighted by molar-refractivity contribution is 6.64. The molecule has 0 aliphatic carbocycles. The van der Waals surface area contributed by atoms with E-state index in [2.05, 4.69) is 4.74 Å². The first-order valence-corrected chi connectivity index (χ1v) is 7.35. The number of carbonyl (C=O) groups is 2. The predicted molar refractivity (Wildman–Crippen MR) is 85.1 cm³/mol. The van der Waals surface area contributed by atoms with Crippen molar-refractivity contribution in [2.45, 2.75) is 38.9 Å². The van der Waals surface area contributed by atoms with Gasteiger partial charge in [0.1, 0.15) is 12.0 Å². The molecule has 0 atom stereocenters. The van der Waals surface area contributed by atoms with Gasteiger partial charge in [0, 0.05) is 11.0 Å². The van der Waals surface area contributed by atoms with Gasteiger partial charge in [-0.05, 0) is 33.8 Å². The van der Waals surface area contributed by atoms with Gasteiger partial charge in [0.15, 0.2) is 6.61 Å². The van der Waals surface area contributed by atoms with Crippen LogP contribution in [0.4, 0.5) is 0 Å². The molecule has 0 amide bonds. The number of rotatable bonds is 5. The summed E-state index contributed by atoms with van der Waals surface area (Å²) in [6, 6.07) is 4.99. The lowest BCUT2D eigenvalue weighted by Crippen LogP contribution is -2.41. The minimum atomic E-state index is -0.756. The fourth-order valence-electron chi connectivity index (χ4n) is 2.20. The van der Waals surface area contributed by atoms with Crippen LogP contribution in [0.2, 0.25) is 0 Å². The molecule has 1 aromatic carbocycles. The summed E-state index contributed by atoms with van der Waals surface area (Å²) in [7, 11) is 0.525. The van der Waals surface area contributed by atoms with E-state index in [0.29, 0.717) is 23.1 Å². The Morgan fingerprint density at radius 3 is 2.35 bits per heavy atom. The number of esters is 1. The van der Waals surface area contributed by atoms with Gasteiger partial charge in [0.05, 0.1) is 18.3 Å². The molecule has 7 heteroatoms. The predicted octanol–water partition coefficient (Wildman–Crippen LogP) is 1.35. The molecule has 1 saturated heterocycles. The molecule has 1 aliphatic rings. The first-order chi connectivity index (χ1) is 10.7. The molecule has 1 fully saturated rings. The summed E-state index contributed by atoms with van der Waals surface area (Å²) in [4.78, 5) is 22.7. The molecule has 1 aromatic rings. The molecular formula is C16H21BO6. The molecule has 23 heavy (non-hydrogen) atoms. The topological polar surface area (TPSA) is 71.1 Å². The number of ether oxygens (including phenoxy) is 2. The quantitative estimate of drug-likeness (QED) is 0.463. The molecule has 0 unspecified atom stereocenters. The van der Waals surface area contributed by atoms with Crippen LogP contribution in [-0.2, 0) is 18.8 Å². The molecule has 0 bridgehead atoms. The second kappa shape index (κ2) is 6.33. The zero-order valence-corrected chi connectivity index (χ0v) is 14.0. The van der Waals surface area contributed by atoms with Crippen LogP contribution in [0, 0.1) is 0 Å². The standard InChI is InChI=1S/C16H21BO6/c1-15(2)16(3,4)23-17(22-15)14-11(9-18)7-6-8-12(14)21-10-13(19)20-5/h6-9H,10H2,1-5H3. The second-order valence-electron chi connectivity index (χ2n) is 6.33. The summed E-state index contributed by atoms with van der Waals surface area (Å²) in [5.74, 6) is -0.153. The first-order valence-electron chi connectivity index (χ1n) is 7.35. The normalized spacial score (nSPS) is 18.6. The van der Waals surface area contributed by atoms with E-state index in [1.807, 2.05) is 27.7 Å². The maximum atomic E-state index is 11.4. The first kappa shape index (κ1) is 17.5. The molecule has 6 nitrogen and oxygen atoms in total. The average molecular weight is 320 g/mol. The lowest BCUT2D eigenvalue weighted by molar-refractivity contribution is -0.142. The van der Waals surface area contributed by atoms with Crippen molar-refractivity contribution in [1.82, 2.24) is 0 Å². The van der Waals surface area contributed by atoms with Crippen LogP contribution < -0.4 is 10.2 Å². The number of carbonyl (C=O) groups excluding carboxylic acids is 2. The van der Waals surface area contributed by atoms with E-state index in [1.54, 1.807) is 18.2 Å². The van der Waals surface area contributed by atoms with Crippen LogP contribution >= 0.6 is 0 Å². The smallest absolute Gasteiger partial charge is 0.482 e. The van der Waals surface area contributed by atoms with Gasteiger partial charge >= 0.3 is 13.1 Å². The lowest BCUT2D eigenvalue weighted by Gasteiger charge is -2.32. The summed E-state index contributed by atoms with van der Waals surface area (Å²) >= 11 is 0. The Morgan fingerprint density at radius 2 is 1.83 bits per heavy atom. The molecule has 0 aromatic heterocycles. The molecule has 1 heterocycles. The van der Waals surface area contributed by atoms with E-state index in [4.69, 9.17) is 14.0 Å². The van der Waals surface area contributed by atoms with Crippen LogP contribution in [0.5, 0.6) is 5.75 Å². The van der Waals surface area contributed by atoms with Gasteiger partial charge in [-0.3, -0.25) is 4.79 Å². The van der Waals surface area contributed by atoms with Crippen LogP contribution in [0.25, 0.3) is 0 Å². The van der Waals surface area contributed by atoms with Crippen molar-refractivity contribution in [1.29, 1.82) is 0 Å². The van der Waals surface area contributed by atoms with Gasteiger partial charge in [-0.25, -0.2) is 4.79 Å². The maximum Gasteiger partial charge on any atom is 0.499 e. The largest absolute Gasteiger partial charge is 0.499 e. The minimum Gasteiger partial charge on any atom is -0.482 e. The number of aldehydes is 1. The maximum absolute atomic E-state index is 11.4. The zero-order chi connectivity index (χ0) is 17.3. The van der Waals surface area contributed by atoms with E-state index in [1.165, 1.54) is 7.11 Å². The second-order valence-corrected chi connectivity index (χ2v) is 6.33. The fraction of sp³-hybridized carbons (Fsp3) is 0.500. The van der Waals surface area contributed by atoms with Crippen molar-refractivity contribution in [3.05, 3.63) is 23.8 Å². The van der Waals surface area contributed by atoms with Crippen LogP contribution in [0.15, 0.2) is 18.2 Å². The molecular weight excluding hydrogens is 299 g/mol. The number of hydrogen-bond donors (Lipinski definition) is 0. The van der Waals surface area contributed by atoms with Crippen molar-refractivity contribution in [3.8, 4) is 5.75 Å². The van der Waals surface area contributed by atoms with E-state index < -0.39 is 24.3 Å². The van der Waals surface area contributed by atoms with Crippen molar-refractivity contribution in [3.63, 3.8) is 0 Å². The number of benzene rings is 1. The Bertz CT molecular complexity index is 595. The summed E-state index contributed by atoms with van der Waals surface area (Å²) in [6.07, 6.45) is 0.714. The SMILES string of the molecule is COC(=O)COc1cccc(C=O)c1B1OC(C)(C)C(C)(C)O1.